The lowest BCUT2D eigenvalue weighted by molar-refractivity contribution is -0.0628. The Kier molecular flexibility index (Phi) is 5.50. The molecule has 104 valence electrons. The first kappa shape index (κ1) is 14.5. The summed E-state index contributed by atoms with van der Waals surface area (Å²) in [4.78, 5) is 5.61. The molecule has 0 aromatic heterocycles. The van der Waals surface area contributed by atoms with Gasteiger partial charge in [0, 0.05) is 0 Å². The van der Waals surface area contributed by atoms with Crippen LogP contribution in [0.2, 0.25) is 0 Å². The van der Waals surface area contributed by atoms with E-state index in [9.17, 15) is 5.11 Å². The molecule has 0 unspecified atom stereocenters. The lowest BCUT2D eigenvalue weighted by Gasteiger charge is -2.20. The number of hydroxylamine groups is 1. The van der Waals surface area contributed by atoms with Crippen molar-refractivity contribution in [3.63, 3.8) is 0 Å². The van der Waals surface area contributed by atoms with Crippen LogP contribution in [-0.4, -0.2) is 11.7 Å². The Morgan fingerprint density at radius 2 is 1.55 bits per heavy atom. The van der Waals surface area contributed by atoms with E-state index in [-0.39, 0.29) is 12.6 Å². The van der Waals surface area contributed by atoms with Gasteiger partial charge in [-0.1, -0.05) is 66.7 Å². The van der Waals surface area contributed by atoms with Gasteiger partial charge in [0.05, 0.1) is 12.6 Å². The average Bonchev–Trinajstić information content (AvgIpc) is 2.53. The van der Waals surface area contributed by atoms with Gasteiger partial charge in [0.1, 0.15) is 6.10 Å². The second-order valence-corrected chi connectivity index (χ2v) is 4.44. The van der Waals surface area contributed by atoms with E-state index in [1.807, 2.05) is 60.7 Å². The van der Waals surface area contributed by atoms with Crippen molar-refractivity contribution in [3.8, 4) is 0 Å². The average molecular weight is 269 g/mol. The first-order valence-corrected chi connectivity index (χ1v) is 6.59. The van der Waals surface area contributed by atoms with E-state index in [1.165, 1.54) is 0 Å². The Labute approximate surface area is 119 Å². The molecule has 0 aliphatic heterocycles. The highest BCUT2D eigenvalue weighted by atomic mass is 16.7. The SMILES string of the molecule is C=C[C@H](NO[C@H](CO)c1ccccc1)c1ccccc1. The van der Waals surface area contributed by atoms with Gasteiger partial charge in [-0.25, -0.2) is 0 Å². The molecule has 3 heteroatoms. The fourth-order valence-electron chi connectivity index (χ4n) is 1.95. The zero-order chi connectivity index (χ0) is 14.2. The molecule has 2 aromatic rings. The summed E-state index contributed by atoms with van der Waals surface area (Å²) in [5, 5.41) is 9.44. The van der Waals surface area contributed by atoms with Crippen LogP contribution in [0.1, 0.15) is 23.3 Å². The third kappa shape index (κ3) is 3.78. The predicted molar refractivity (Wildman–Crippen MR) is 79.9 cm³/mol. The third-order valence-electron chi connectivity index (χ3n) is 3.07. The fraction of sp³-hybridized carbons (Fsp3) is 0.176. The van der Waals surface area contributed by atoms with E-state index in [0.717, 1.165) is 11.1 Å². The van der Waals surface area contributed by atoms with Gasteiger partial charge < -0.3 is 5.11 Å². The summed E-state index contributed by atoms with van der Waals surface area (Å²) in [6.45, 7) is 3.72. The van der Waals surface area contributed by atoms with Crippen LogP contribution in [0.3, 0.4) is 0 Å². The number of aliphatic hydroxyl groups is 1. The van der Waals surface area contributed by atoms with E-state index >= 15 is 0 Å². The van der Waals surface area contributed by atoms with Crippen molar-refractivity contribution < 1.29 is 9.94 Å². The number of aliphatic hydroxyl groups excluding tert-OH is 1. The molecule has 2 aromatic carbocycles. The van der Waals surface area contributed by atoms with Crippen LogP contribution in [0.25, 0.3) is 0 Å². The summed E-state index contributed by atoms with van der Waals surface area (Å²) in [5.41, 5.74) is 4.95. The molecule has 0 aliphatic carbocycles. The maximum absolute atomic E-state index is 9.44. The summed E-state index contributed by atoms with van der Waals surface area (Å²) in [7, 11) is 0. The van der Waals surface area contributed by atoms with Crippen molar-refractivity contribution in [1.82, 2.24) is 5.48 Å². The van der Waals surface area contributed by atoms with Crippen LogP contribution in [-0.2, 0) is 4.84 Å². The summed E-state index contributed by atoms with van der Waals surface area (Å²) in [6, 6.07) is 19.4. The van der Waals surface area contributed by atoms with Crippen LogP contribution in [0.5, 0.6) is 0 Å². The second-order valence-electron chi connectivity index (χ2n) is 4.44. The zero-order valence-corrected chi connectivity index (χ0v) is 11.3. The van der Waals surface area contributed by atoms with Crippen LogP contribution in [0, 0.1) is 0 Å². The van der Waals surface area contributed by atoms with E-state index in [0.29, 0.717) is 0 Å². The van der Waals surface area contributed by atoms with Crippen LogP contribution < -0.4 is 5.48 Å². The minimum absolute atomic E-state index is 0.0876. The van der Waals surface area contributed by atoms with Gasteiger partial charge in [0.2, 0.25) is 0 Å². The summed E-state index contributed by atoms with van der Waals surface area (Å²) >= 11 is 0. The number of nitrogens with one attached hydrogen (secondary N) is 1. The number of benzene rings is 2. The molecule has 0 fully saturated rings. The maximum atomic E-state index is 9.44. The largest absolute Gasteiger partial charge is 0.393 e. The standard InChI is InChI=1S/C17H19NO2/c1-2-16(14-9-5-3-6-10-14)18-20-17(13-19)15-11-7-4-8-12-15/h2-12,16-19H,1,13H2/t16-,17+/m0/s1. The highest BCUT2D eigenvalue weighted by Crippen LogP contribution is 2.18. The molecule has 20 heavy (non-hydrogen) atoms. The molecule has 0 spiro atoms. The van der Waals surface area contributed by atoms with Gasteiger partial charge in [0.15, 0.2) is 0 Å². The predicted octanol–water partition coefficient (Wildman–Crippen LogP) is 3.17. The molecule has 0 saturated carbocycles. The number of hydrogen-bond acceptors (Lipinski definition) is 3. The van der Waals surface area contributed by atoms with Crippen molar-refractivity contribution in [1.29, 1.82) is 0 Å². The van der Waals surface area contributed by atoms with Gasteiger partial charge in [-0.15, -0.1) is 6.58 Å². The Bertz CT molecular complexity index is 513. The maximum Gasteiger partial charge on any atom is 0.127 e. The Hall–Kier alpha value is -1.94. The van der Waals surface area contributed by atoms with Gasteiger partial charge >= 0.3 is 0 Å². The molecule has 2 rings (SSSR count). The highest BCUT2D eigenvalue weighted by Gasteiger charge is 2.13. The first-order chi connectivity index (χ1) is 9.85. The molecule has 2 atom stereocenters. The second kappa shape index (κ2) is 7.60. The Morgan fingerprint density at radius 3 is 2.05 bits per heavy atom. The molecular weight excluding hydrogens is 250 g/mol. The van der Waals surface area contributed by atoms with Gasteiger partial charge in [0.25, 0.3) is 0 Å². The molecule has 0 heterocycles. The molecule has 3 nitrogen and oxygen atoms in total. The van der Waals surface area contributed by atoms with E-state index in [4.69, 9.17) is 4.84 Å². The molecule has 0 saturated heterocycles. The molecule has 2 N–H and O–H groups in total. The van der Waals surface area contributed by atoms with Crippen molar-refractivity contribution in [2.45, 2.75) is 12.1 Å². The van der Waals surface area contributed by atoms with Gasteiger partial charge in [-0.2, -0.15) is 5.48 Å². The van der Waals surface area contributed by atoms with Gasteiger partial charge in [-0.3, -0.25) is 4.84 Å². The molecule has 0 amide bonds. The minimum Gasteiger partial charge on any atom is -0.393 e. The van der Waals surface area contributed by atoms with Crippen LogP contribution in [0.15, 0.2) is 73.3 Å². The number of rotatable bonds is 7. The zero-order valence-electron chi connectivity index (χ0n) is 11.3. The summed E-state index contributed by atoms with van der Waals surface area (Å²) in [5.74, 6) is 0. The van der Waals surface area contributed by atoms with Crippen LogP contribution >= 0.6 is 0 Å². The van der Waals surface area contributed by atoms with Crippen LogP contribution in [0.4, 0.5) is 0 Å². The lowest BCUT2D eigenvalue weighted by atomic mass is 10.1. The quantitative estimate of drug-likeness (QED) is 0.599. The van der Waals surface area contributed by atoms with Crippen molar-refractivity contribution >= 4 is 0 Å². The third-order valence-corrected chi connectivity index (χ3v) is 3.07. The van der Waals surface area contributed by atoms with E-state index in [2.05, 4.69) is 12.1 Å². The molecule has 0 bridgehead atoms. The summed E-state index contributed by atoms with van der Waals surface area (Å²) < 4.78 is 0. The Balaban J connectivity index is 2.00. The normalized spacial score (nSPS) is 13.7. The van der Waals surface area contributed by atoms with Crippen molar-refractivity contribution in [3.05, 3.63) is 84.4 Å². The molecule has 0 radical (unpaired) electrons. The minimum atomic E-state index is -0.401. The first-order valence-electron chi connectivity index (χ1n) is 6.59. The fourth-order valence-corrected chi connectivity index (χ4v) is 1.95. The molecule has 0 aliphatic rings. The monoisotopic (exact) mass is 269 g/mol. The lowest BCUT2D eigenvalue weighted by Crippen LogP contribution is -2.24. The van der Waals surface area contributed by atoms with E-state index < -0.39 is 6.10 Å². The highest BCUT2D eigenvalue weighted by molar-refractivity contribution is 5.22. The van der Waals surface area contributed by atoms with Crippen molar-refractivity contribution in [2.75, 3.05) is 6.61 Å². The van der Waals surface area contributed by atoms with Crippen molar-refractivity contribution in [2.24, 2.45) is 0 Å². The molecular formula is C17H19NO2. The summed E-state index contributed by atoms with van der Waals surface area (Å²) in [6.07, 6.45) is 1.37. The van der Waals surface area contributed by atoms with E-state index in [1.54, 1.807) is 6.08 Å². The smallest absolute Gasteiger partial charge is 0.127 e. The Morgan fingerprint density at radius 1 is 1.00 bits per heavy atom. The number of hydrogen-bond donors (Lipinski definition) is 2. The topological polar surface area (TPSA) is 41.5 Å². The van der Waals surface area contributed by atoms with Gasteiger partial charge in [-0.05, 0) is 11.1 Å².